The lowest BCUT2D eigenvalue weighted by atomic mass is 10.1. The molecule has 1 aromatic carbocycles. The molecule has 0 radical (unpaired) electrons. The second-order valence-corrected chi connectivity index (χ2v) is 4.51. The van der Waals surface area contributed by atoms with Gasteiger partial charge in [-0.1, -0.05) is 12.1 Å². The highest BCUT2D eigenvalue weighted by atomic mass is 16.4. The Hall–Kier alpha value is -2.08. The van der Waals surface area contributed by atoms with E-state index in [0.717, 1.165) is 0 Å². The van der Waals surface area contributed by atoms with Gasteiger partial charge in [0.1, 0.15) is 11.8 Å². The van der Waals surface area contributed by atoms with Gasteiger partial charge in [0.15, 0.2) is 0 Å². The third-order valence-corrected chi connectivity index (χ3v) is 2.52. The molecule has 6 nitrogen and oxygen atoms in total. The molecule has 0 aliphatic carbocycles. The van der Waals surface area contributed by atoms with Crippen molar-refractivity contribution in [2.45, 2.75) is 31.8 Å². The average Bonchev–Trinajstić information content (AvgIpc) is 2.29. The number of hydrogen-bond donors (Lipinski definition) is 4. The smallest absolute Gasteiger partial charge is 0.326 e. The minimum Gasteiger partial charge on any atom is -0.508 e. The van der Waals surface area contributed by atoms with E-state index in [1.807, 2.05) is 0 Å². The maximum absolute atomic E-state index is 11.5. The lowest BCUT2D eigenvalue weighted by molar-refractivity contribution is -0.141. The second-order valence-electron chi connectivity index (χ2n) is 4.51. The zero-order valence-corrected chi connectivity index (χ0v) is 10.7. The maximum Gasteiger partial charge on any atom is 0.326 e. The average molecular weight is 266 g/mol. The molecule has 1 amide bonds. The molecule has 0 aromatic heterocycles. The van der Waals surface area contributed by atoms with Gasteiger partial charge in [0.05, 0.1) is 0 Å². The Kier molecular flexibility index (Phi) is 5.32. The Bertz CT molecular complexity index is 442. The zero-order chi connectivity index (χ0) is 14.4. The van der Waals surface area contributed by atoms with Gasteiger partial charge in [0.2, 0.25) is 5.91 Å². The molecule has 0 spiro atoms. The minimum atomic E-state index is -1.11. The van der Waals surface area contributed by atoms with Crippen molar-refractivity contribution in [2.75, 3.05) is 0 Å². The quantitative estimate of drug-likeness (QED) is 0.589. The van der Waals surface area contributed by atoms with Gasteiger partial charge in [-0.05, 0) is 24.6 Å². The number of carboxylic acid groups (broad SMARTS) is 1. The van der Waals surface area contributed by atoms with E-state index in [1.165, 1.54) is 12.1 Å². The monoisotopic (exact) mass is 266 g/mol. The number of phenolic OH excluding ortho intramolecular Hbond substituents is 1. The number of nitrogens with one attached hydrogen (secondary N) is 1. The van der Waals surface area contributed by atoms with Crippen molar-refractivity contribution in [2.24, 2.45) is 5.73 Å². The molecular weight excluding hydrogens is 248 g/mol. The van der Waals surface area contributed by atoms with Gasteiger partial charge in [-0.2, -0.15) is 0 Å². The Morgan fingerprint density at radius 3 is 2.37 bits per heavy atom. The molecule has 6 heteroatoms. The summed E-state index contributed by atoms with van der Waals surface area (Å²) in [7, 11) is 0. The van der Waals surface area contributed by atoms with Crippen LogP contribution in [0.3, 0.4) is 0 Å². The van der Waals surface area contributed by atoms with Crippen LogP contribution in [0.25, 0.3) is 0 Å². The molecule has 0 heterocycles. The van der Waals surface area contributed by atoms with E-state index in [1.54, 1.807) is 19.1 Å². The number of nitrogens with two attached hydrogens (primary N) is 1. The van der Waals surface area contributed by atoms with Gasteiger partial charge >= 0.3 is 5.97 Å². The number of carbonyl (C=O) groups is 2. The van der Waals surface area contributed by atoms with Gasteiger partial charge in [0, 0.05) is 18.9 Å². The van der Waals surface area contributed by atoms with E-state index in [4.69, 9.17) is 15.9 Å². The van der Waals surface area contributed by atoms with Crippen LogP contribution in [0.2, 0.25) is 0 Å². The van der Waals surface area contributed by atoms with Crippen molar-refractivity contribution in [3.63, 3.8) is 0 Å². The second kappa shape index (κ2) is 6.75. The number of amides is 1. The SMILES string of the molecule is CC(N)CC(=O)NC(Cc1ccc(O)cc1)C(=O)O. The number of hydrogen-bond acceptors (Lipinski definition) is 4. The summed E-state index contributed by atoms with van der Waals surface area (Å²) in [4.78, 5) is 22.6. The number of aromatic hydroxyl groups is 1. The Morgan fingerprint density at radius 1 is 1.32 bits per heavy atom. The lowest BCUT2D eigenvalue weighted by Gasteiger charge is -2.15. The fourth-order valence-corrected chi connectivity index (χ4v) is 1.61. The van der Waals surface area contributed by atoms with Crippen LogP contribution in [0.15, 0.2) is 24.3 Å². The number of aliphatic carboxylic acids is 1. The normalized spacial score (nSPS) is 13.6. The molecule has 0 fully saturated rings. The first-order valence-electron chi connectivity index (χ1n) is 5.94. The van der Waals surface area contributed by atoms with Crippen molar-refractivity contribution in [3.8, 4) is 5.75 Å². The molecule has 5 N–H and O–H groups in total. The van der Waals surface area contributed by atoms with E-state index in [-0.39, 0.29) is 30.5 Å². The van der Waals surface area contributed by atoms with Gasteiger partial charge < -0.3 is 21.3 Å². The van der Waals surface area contributed by atoms with Crippen LogP contribution in [0.4, 0.5) is 0 Å². The summed E-state index contributed by atoms with van der Waals surface area (Å²) in [6.45, 7) is 1.68. The number of rotatable bonds is 6. The number of carbonyl (C=O) groups excluding carboxylic acids is 1. The van der Waals surface area contributed by atoms with Crippen molar-refractivity contribution in [1.29, 1.82) is 0 Å². The molecule has 104 valence electrons. The summed E-state index contributed by atoms with van der Waals surface area (Å²) < 4.78 is 0. The number of carboxylic acids is 1. The lowest BCUT2D eigenvalue weighted by Crippen LogP contribution is -2.43. The first-order chi connectivity index (χ1) is 8.88. The molecular formula is C13H18N2O4. The summed E-state index contributed by atoms with van der Waals surface area (Å²) in [6.07, 6.45) is 0.236. The Morgan fingerprint density at radius 2 is 1.89 bits per heavy atom. The standard InChI is InChI=1S/C13H18N2O4/c1-8(14)6-12(17)15-11(13(18)19)7-9-2-4-10(16)5-3-9/h2-5,8,11,16H,6-7,14H2,1H3,(H,15,17)(H,18,19). The number of phenols is 1. The van der Waals surface area contributed by atoms with Crippen LogP contribution in [0.1, 0.15) is 18.9 Å². The van der Waals surface area contributed by atoms with E-state index in [2.05, 4.69) is 5.32 Å². The largest absolute Gasteiger partial charge is 0.508 e. The van der Waals surface area contributed by atoms with Gasteiger partial charge in [-0.15, -0.1) is 0 Å². The number of benzene rings is 1. The first-order valence-corrected chi connectivity index (χ1v) is 5.94. The predicted octanol–water partition coefficient (Wildman–Crippen LogP) is 0.241. The summed E-state index contributed by atoms with van der Waals surface area (Å²) in [5, 5.41) is 20.7. The van der Waals surface area contributed by atoms with E-state index in [9.17, 15) is 9.59 Å². The van der Waals surface area contributed by atoms with Crippen LogP contribution < -0.4 is 11.1 Å². The fraction of sp³-hybridized carbons (Fsp3) is 0.385. The van der Waals surface area contributed by atoms with Gasteiger partial charge in [-0.25, -0.2) is 4.79 Å². The van der Waals surface area contributed by atoms with Crippen molar-refractivity contribution >= 4 is 11.9 Å². The van der Waals surface area contributed by atoms with Crippen molar-refractivity contribution in [3.05, 3.63) is 29.8 Å². The summed E-state index contributed by atoms with van der Waals surface area (Å²) in [6, 6.07) is 4.85. The maximum atomic E-state index is 11.5. The molecule has 0 aliphatic rings. The van der Waals surface area contributed by atoms with Crippen molar-refractivity contribution in [1.82, 2.24) is 5.32 Å². The third-order valence-electron chi connectivity index (χ3n) is 2.52. The van der Waals surface area contributed by atoms with Crippen molar-refractivity contribution < 1.29 is 19.8 Å². The molecule has 0 saturated carbocycles. The van der Waals surface area contributed by atoms with Crippen LogP contribution in [0.5, 0.6) is 5.75 Å². The minimum absolute atomic E-state index is 0.0827. The summed E-state index contributed by atoms with van der Waals surface area (Å²) >= 11 is 0. The molecule has 0 aliphatic heterocycles. The van der Waals surface area contributed by atoms with Crippen LogP contribution in [0, 0.1) is 0 Å². The van der Waals surface area contributed by atoms with E-state index < -0.39 is 12.0 Å². The molecule has 1 aromatic rings. The first kappa shape index (κ1) is 15.0. The van der Waals surface area contributed by atoms with E-state index in [0.29, 0.717) is 5.56 Å². The molecule has 0 bridgehead atoms. The fourth-order valence-electron chi connectivity index (χ4n) is 1.61. The third kappa shape index (κ3) is 5.39. The highest BCUT2D eigenvalue weighted by molar-refractivity contribution is 5.84. The molecule has 2 atom stereocenters. The molecule has 0 saturated heterocycles. The Balaban J connectivity index is 2.65. The molecule has 19 heavy (non-hydrogen) atoms. The summed E-state index contributed by atoms with van der Waals surface area (Å²) in [5.41, 5.74) is 6.19. The highest BCUT2D eigenvalue weighted by Crippen LogP contribution is 2.11. The van der Waals surface area contributed by atoms with Crippen LogP contribution in [-0.2, 0) is 16.0 Å². The Labute approximate surface area is 111 Å². The zero-order valence-electron chi connectivity index (χ0n) is 10.7. The van der Waals surface area contributed by atoms with Gasteiger partial charge in [0.25, 0.3) is 0 Å². The van der Waals surface area contributed by atoms with Crippen LogP contribution in [-0.4, -0.2) is 34.2 Å². The predicted molar refractivity (Wildman–Crippen MR) is 69.6 cm³/mol. The highest BCUT2D eigenvalue weighted by Gasteiger charge is 2.20. The molecule has 2 unspecified atom stereocenters. The van der Waals surface area contributed by atoms with Gasteiger partial charge in [-0.3, -0.25) is 4.79 Å². The van der Waals surface area contributed by atoms with E-state index >= 15 is 0 Å². The topological polar surface area (TPSA) is 113 Å². The summed E-state index contributed by atoms with van der Waals surface area (Å²) in [5.74, 6) is -1.39. The molecule has 1 rings (SSSR count). The van der Waals surface area contributed by atoms with Crippen LogP contribution >= 0.6 is 0 Å².